The molecule has 3 nitrogen and oxygen atoms in total. The topological polar surface area (TPSA) is 37.4 Å². The van der Waals surface area contributed by atoms with Gasteiger partial charge in [-0.25, -0.2) is 8.42 Å². The molecule has 1 aliphatic heterocycles. The first-order chi connectivity index (χ1) is 12.0. The van der Waals surface area contributed by atoms with E-state index in [0.717, 1.165) is 37.7 Å². The Bertz CT molecular complexity index is 795. The highest BCUT2D eigenvalue weighted by Crippen LogP contribution is 2.28. The molecule has 0 spiro atoms. The number of aryl methyl sites for hydroxylation is 3. The highest BCUT2D eigenvalue weighted by atomic mass is 32.2. The quantitative estimate of drug-likeness (QED) is 0.791. The van der Waals surface area contributed by atoms with Crippen LogP contribution in [-0.4, -0.2) is 25.3 Å². The molecule has 2 aromatic carbocycles. The van der Waals surface area contributed by atoms with E-state index in [4.69, 9.17) is 0 Å². The van der Waals surface area contributed by atoms with Crippen molar-refractivity contribution in [2.45, 2.75) is 56.9 Å². The smallest absolute Gasteiger partial charge is 0.207 e. The third kappa shape index (κ3) is 4.31. The molecular weight excluding hydrogens is 330 g/mol. The summed E-state index contributed by atoms with van der Waals surface area (Å²) in [4.78, 5) is 0.417. The standard InChI is InChI=1S/C21H27NO2S/c1-17-6-10-19(11-7-17)12-13-20-5-3-4-16-22(20)25(23,24)21-14-8-18(2)9-15-21/h6-11,14-15,20H,3-5,12-13,16H2,1-2H3. The maximum atomic E-state index is 13.1. The van der Waals surface area contributed by atoms with Crippen molar-refractivity contribution in [2.75, 3.05) is 6.54 Å². The molecule has 25 heavy (non-hydrogen) atoms. The van der Waals surface area contributed by atoms with Crippen LogP contribution in [0.15, 0.2) is 53.4 Å². The summed E-state index contributed by atoms with van der Waals surface area (Å²) in [6.45, 7) is 4.69. The fourth-order valence-electron chi connectivity index (χ4n) is 3.51. The summed E-state index contributed by atoms with van der Waals surface area (Å²) in [6, 6.07) is 15.9. The molecular formula is C21H27NO2S. The first kappa shape index (κ1) is 18.2. The van der Waals surface area contributed by atoms with E-state index in [1.54, 1.807) is 16.4 Å². The van der Waals surface area contributed by atoms with E-state index in [9.17, 15) is 8.42 Å². The van der Waals surface area contributed by atoms with Crippen molar-refractivity contribution in [3.8, 4) is 0 Å². The van der Waals surface area contributed by atoms with Gasteiger partial charge in [0.2, 0.25) is 10.0 Å². The van der Waals surface area contributed by atoms with Crippen LogP contribution < -0.4 is 0 Å². The molecule has 1 atom stereocenters. The van der Waals surface area contributed by atoms with Gasteiger partial charge in [0.1, 0.15) is 0 Å². The molecule has 1 heterocycles. The fraction of sp³-hybridized carbons (Fsp3) is 0.429. The Morgan fingerprint density at radius 1 is 0.920 bits per heavy atom. The SMILES string of the molecule is Cc1ccc(CCC2CCCCN2S(=O)(=O)c2ccc(C)cc2)cc1. The van der Waals surface area contributed by atoms with Gasteiger partial charge in [-0.2, -0.15) is 4.31 Å². The predicted octanol–water partition coefficient (Wildman–Crippen LogP) is 4.48. The summed E-state index contributed by atoms with van der Waals surface area (Å²) in [5.41, 5.74) is 3.61. The number of benzene rings is 2. The van der Waals surface area contributed by atoms with Crippen LogP contribution >= 0.6 is 0 Å². The number of hydrogen-bond acceptors (Lipinski definition) is 2. The van der Waals surface area contributed by atoms with E-state index < -0.39 is 10.0 Å². The molecule has 1 fully saturated rings. The van der Waals surface area contributed by atoms with Crippen molar-refractivity contribution in [1.29, 1.82) is 0 Å². The molecule has 0 aliphatic carbocycles. The van der Waals surface area contributed by atoms with E-state index >= 15 is 0 Å². The summed E-state index contributed by atoms with van der Waals surface area (Å²) in [6.07, 6.45) is 4.82. The Morgan fingerprint density at radius 2 is 1.52 bits per heavy atom. The minimum Gasteiger partial charge on any atom is -0.207 e. The highest BCUT2D eigenvalue weighted by Gasteiger charge is 2.33. The highest BCUT2D eigenvalue weighted by molar-refractivity contribution is 7.89. The third-order valence-corrected chi connectivity index (χ3v) is 7.05. The second-order valence-electron chi connectivity index (χ2n) is 7.10. The molecule has 134 valence electrons. The van der Waals surface area contributed by atoms with Gasteiger partial charge >= 0.3 is 0 Å². The van der Waals surface area contributed by atoms with Crippen molar-refractivity contribution in [1.82, 2.24) is 4.31 Å². The van der Waals surface area contributed by atoms with Gasteiger partial charge in [0, 0.05) is 12.6 Å². The number of hydrogen-bond donors (Lipinski definition) is 0. The van der Waals surface area contributed by atoms with Crippen molar-refractivity contribution in [2.24, 2.45) is 0 Å². The van der Waals surface area contributed by atoms with Crippen LogP contribution in [0.25, 0.3) is 0 Å². The van der Waals surface area contributed by atoms with Crippen LogP contribution in [0.4, 0.5) is 0 Å². The van der Waals surface area contributed by atoms with Crippen LogP contribution in [-0.2, 0) is 16.4 Å². The van der Waals surface area contributed by atoms with E-state index in [0.29, 0.717) is 11.4 Å². The molecule has 1 aliphatic rings. The van der Waals surface area contributed by atoms with E-state index in [1.807, 2.05) is 19.1 Å². The zero-order valence-electron chi connectivity index (χ0n) is 15.1. The molecule has 3 rings (SSSR count). The van der Waals surface area contributed by atoms with Gasteiger partial charge in [-0.05, 0) is 57.2 Å². The summed E-state index contributed by atoms with van der Waals surface area (Å²) in [7, 11) is -3.41. The molecule has 2 aromatic rings. The zero-order valence-corrected chi connectivity index (χ0v) is 15.9. The molecule has 0 aromatic heterocycles. The summed E-state index contributed by atoms with van der Waals surface area (Å²) in [5.74, 6) is 0. The minimum absolute atomic E-state index is 0.0985. The lowest BCUT2D eigenvalue weighted by atomic mass is 9.97. The number of sulfonamides is 1. The summed E-state index contributed by atoms with van der Waals surface area (Å²) >= 11 is 0. The van der Waals surface area contributed by atoms with Gasteiger partial charge in [0.05, 0.1) is 4.90 Å². The van der Waals surface area contributed by atoms with Crippen molar-refractivity contribution in [3.63, 3.8) is 0 Å². The van der Waals surface area contributed by atoms with Crippen LogP contribution in [0.5, 0.6) is 0 Å². The van der Waals surface area contributed by atoms with Crippen LogP contribution in [0.2, 0.25) is 0 Å². The van der Waals surface area contributed by atoms with Crippen molar-refractivity contribution < 1.29 is 8.42 Å². The van der Waals surface area contributed by atoms with Crippen LogP contribution in [0, 0.1) is 13.8 Å². The maximum Gasteiger partial charge on any atom is 0.243 e. The Morgan fingerprint density at radius 3 is 2.16 bits per heavy atom. The average molecular weight is 358 g/mol. The first-order valence-electron chi connectivity index (χ1n) is 9.11. The molecule has 4 heteroatoms. The molecule has 0 amide bonds. The summed E-state index contributed by atoms with van der Waals surface area (Å²) in [5, 5.41) is 0. The van der Waals surface area contributed by atoms with Crippen molar-refractivity contribution >= 4 is 10.0 Å². The fourth-order valence-corrected chi connectivity index (χ4v) is 5.24. The Hall–Kier alpha value is -1.65. The van der Waals surface area contributed by atoms with E-state index in [2.05, 4.69) is 31.2 Å². The average Bonchev–Trinajstić information content (AvgIpc) is 2.62. The normalized spacial score (nSPS) is 19.0. The molecule has 1 saturated heterocycles. The van der Waals surface area contributed by atoms with Gasteiger partial charge < -0.3 is 0 Å². The monoisotopic (exact) mass is 357 g/mol. The predicted molar refractivity (Wildman–Crippen MR) is 102 cm³/mol. The molecule has 0 N–H and O–H groups in total. The first-order valence-corrected chi connectivity index (χ1v) is 10.5. The van der Waals surface area contributed by atoms with Crippen LogP contribution in [0.3, 0.4) is 0 Å². The lowest BCUT2D eigenvalue weighted by molar-refractivity contribution is 0.241. The van der Waals surface area contributed by atoms with Gasteiger partial charge in [-0.3, -0.25) is 0 Å². The molecule has 1 unspecified atom stereocenters. The van der Waals surface area contributed by atoms with Gasteiger partial charge in [-0.1, -0.05) is 53.9 Å². The van der Waals surface area contributed by atoms with E-state index in [-0.39, 0.29) is 6.04 Å². The maximum absolute atomic E-state index is 13.1. The Kier molecular flexibility index (Phi) is 5.60. The molecule has 0 bridgehead atoms. The second kappa shape index (κ2) is 7.71. The zero-order chi connectivity index (χ0) is 17.9. The van der Waals surface area contributed by atoms with E-state index in [1.165, 1.54) is 11.1 Å². The minimum atomic E-state index is -3.41. The number of nitrogens with zero attached hydrogens (tertiary/aromatic N) is 1. The largest absolute Gasteiger partial charge is 0.243 e. The van der Waals surface area contributed by atoms with Gasteiger partial charge in [0.25, 0.3) is 0 Å². The lowest BCUT2D eigenvalue weighted by Crippen LogP contribution is -2.43. The molecule has 0 saturated carbocycles. The van der Waals surface area contributed by atoms with Crippen LogP contribution in [0.1, 0.15) is 42.4 Å². The van der Waals surface area contributed by atoms with Gasteiger partial charge in [0.15, 0.2) is 0 Å². The van der Waals surface area contributed by atoms with Gasteiger partial charge in [-0.15, -0.1) is 0 Å². The van der Waals surface area contributed by atoms with Crippen molar-refractivity contribution in [3.05, 3.63) is 65.2 Å². The third-order valence-electron chi connectivity index (χ3n) is 5.09. The Labute approximate surface area is 151 Å². The second-order valence-corrected chi connectivity index (χ2v) is 8.99. The number of rotatable bonds is 5. The lowest BCUT2D eigenvalue weighted by Gasteiger charge is -2.35. The molecule has 0 radical (unpaired) electrons. The number of piperidine rings is 1. The Balaban J connectivity index is 1.75. The summed E-state index contributed by atoms with van der Waals surface area (Å²) < 4.78 is 27.9.